The van der Waals surface area contributed by atoms with Crippen LogP contribution in [0.4, 0.5) is 10.1 Å². The molecule has 0 aromatic heterocycles. The number of ether oxygens (including phenoxy) is 1. The predicted octanol–water partition coefficient (Wildman–Crippen LogP) is 2.52. The van der Waals surface area contributed by atoms with Crippen LogP contribution in [0.15, 0.2) is 48.5 Å². The normalized spacial score (nSPS) is 15.0. The molecule has 2 aromatic carbocycles. The fraction of sp³-hybridized carbons (Fsp3) is 0.381. The molecule has 1 fully saturated rings. The number of para-hydroxylation sites is 1. The number of amides is 1. The lowest BCUT2D eigenvalue weighted by Gasteiger charge is -2.35. The summed E-state index contributed by atoms with van der Waals surface area (Å²) in [5, 5.41) is 3.23. The van der Waals surface area contributed by atoms with Crippen molar-refractivity contribution in [2.75, 3.05) is 50.0 Å². The zero-order valence-corrected chi connectivity index (χ0v) is 18.5. The van der Waals surface area contributed by atoms with Gasteiger partial charge in [-0.25, -0.2) is 12.8 Å². The van der Waals surface area contributed by atoms with E-state index in [9.17, 15) is 17.6 Å². The van der Waals surface area contributed by atoms with Crippen LogP contribution < -0.4 is 15.0 Å². The largest absolute Gasteiger partial charge is 0.484 e. The molecule has 0 atom stereocenters. The van der Waals surface area contributed by atoms with Crippen molar-refractivity contribution < 1.29 is 22.3 Å². The smallest absolute Gasteiger partial charge is 0.257 e. The van der Waals surface area contributed by atoms with Gasteiger partial charge < -0.3 is 15.0 Å². The predicted molar refractivity (Wildman–Crippen MR) is 119 cm³/mol. The number of halogens is 2. The van der Waals surface area contributed by atoms with Crippen molar-refractivity contribution in [3.05, 3.63) is 59.4 Å². The highest BCUT2D eigenvalue weighted by Gasteiger charge is 2.27. The summed E-state index contributed by atoms with van der Waals surface area (Å²) in [6.45, 7) is 1.54. The Bertz CT molecular complexity index is 980. The number of rotatable bonds is 9. The molecule has 1 amide bonds. The Morgan fingerprint density at radius 2 is 1.74 bits per heavy atom. The molecule has 0 saturated carbocycles. The van der Waals surface area contributed by atoms with Gasteiger partial charge in [0.05, 0.1) is 11.4 Å². The third-order valence-electron chi connectivity index (χ3n) is 4.91. The number of hydrogen-bond donors (Lipinski definition) is 1. The number of anilines is 1. The van der Waals surface area contributed by atoms with Gasteiger partial charge in [0, 0.05) is 37.7 Å². The first-order chi connectivity index (χ1) is 14.8. The van der Waals surface area contributed by atoms with Crippen LogP contribution in [0.3, 0.4) is 0 Å². The second kappa shape index (κ2) is 10.8. The lowest BCUT2D eigenvalue weighted by atomic mass is 10.2. The van der Waals surface area contributed by atoms with Gasteiger partial charge in [-0.15, -0.1) is 0 Å². The van der Waals surface area contributed by atoms with Crippen molar-refractivity contribution in [3.8, 4) is 5.75 Å². The van der Waals surface area contributed by atoms with Crippen molar-refractivity contribution >= 4 is 33.2 Å². The molecule has 1 N–H and O–H groups in total. The average Bonchev–Trinajstić information content (AvgIpc) is 2.77. The summed E-state index contributed by atoms with van der Waals surface area (Å²) in [6, 6.07) is 13.1. The summed E-state index contributed by atoms with van der Waals surface area (Å²) in [6.07, 6.45) is 0.294. The Morgan fingerprint density at radius 3 is 2.42 bits per heavy atom. The summed E-state index contributed by atoms with van der Waals surface area (Å²) in [5.74, 6) is -0.178. The van der Waals surface area contributed by atoms with Gasteiger partial charge in [-0.2, -0.15) is 4.31 Å². The summed E-state index contributed by atoms with van der Waals surface area (Å²) in [4.78, 5) is 13.7. The molecular weight excluding hydrogens is 445 g/mol. The minimum Gasteiger partial charge on any atom is -0.484 e. The zero-order chi connectivity index (χ0) is 22.3. The van der Waals surface area contributed by atoms with E-state index < -0.39 is 10.0 Å². The molecule has 1 heterocycles. The Morgan fingerprint density at radius 1 is 1.06 bits per heavy atom. The van der Waals surface area contributed by atoms with E-state index in [0.717, 1.165) is 0 Å². The fourth-order valence-electron chi connectivity index (χ4n) is 3.26. The van der Waals surface area contributed by atoms with Gasteiger partial charge in [0.2, 0.25) is 10.0 Å². The van der Waals surface area contributed by atoms with Gasteiger partial charge in [-0.05, 0) is 42.8 Å². The van der Waals surface area contributed by atoms with Crippen LogP contribution in [-0.2, 0) is 14.8 Å². The molecule has 7 nitrogen and oxygen atoms in total. The molecule has 1 aliphatic heterocycles. The maximum atomic E-state index is 13.9. The van der Waals surface area contributed by atoms with Crippen molar-refractivity contribution in [1.29, 1.82) is 0 Å². The van der Waals surface area contributed by atoms with Gasteiger partial charge in [0.15, 0.2) is 6.61 Å². The fourth-order valence-corrected chi connectivity index (χ4v) is 4.87. The molecule has 1 aliphatic rings. The highest BCUT2D eigenvalue weighted by atomic mass is 35.5. The first-order valence-electron chi connectivity index (χ1n) is 9.97. The van der Waals surface area contributed by atoms with E-state index in [0.29, 0.717) is 49.1 Å². The van der Waals surface area contributed by atoms with Gasteiger partial charge in [0.25, 0.3) is 5.91 Å². The van der Waals surface area contributed by atoms with E-state index in [1.165, 1.54) is 10.4 Å². The van der Waals surface area contributed by atoms with E-state index in [2.05, 4.69) is 5.32 Å². The number of piperazine rings is 1. The van der Waals surface area contributed by atoms with Crippen molar-refractivity contribution in [2.24, 2.45) is 0 Å². The van der Waals surface area contributed by atoms with E-state index in [4.69, 9.17) is 16.3 Å². The minimum atomic E-state index is -3.44. The van der Waals surface area contributed by atoms with Crippen molar-refractivity contribution in [2.45, 2.75) is 6.42 Å². The number of sulfonamides is 1. The molecule has 0 radical (unpaired) electrons. The lowest BCUT2D eigenvalue weighted by molar-refractivity contribution is -0.123. The van der Waals surface area contributed by atoms with Crippen molar-refractivity contribution in [1.82, 2.24) is 9.62 Å². The minimum absolute atomic E-state index is 0.0645. The first kappa shape index (κ1) is 23.3. The van der Waals surface area contributed by atoms with Crippen molar-refractivity contribution in [3.63, 3.8) is 0 Å². The topological polar surface area (TPSA) is 78.9 Å². The SMILES string of the molecule is O=C(COc1ccc(Cl)cc1)NCCCS(=O)(=O)N1CCN(c2ccccc2F)CC1. The van der Waals surface area contributed by atoms with Gasteiger partial charge in [-0.1, -0.05) is 23.7 Å². The molecule has 3 rings (SSSR count). The summed E-state index contributed by atoms with van der Waals surface area (Å²) < 4.78 is 45.8. The van der Waals surface area contributed by atoms with E-state index in [-0.39, 0.29) is 30.6 Å². The summed E-state index contributed by atoms with van der Waals surface area (Å²) >= 11 is 5.79. The highest BCUT2D eigenvalue weighted by Crippen LogP contribution is 2.21. The maximum Gasteiger partial charge on any atom is 0.257 e. The van der Waals surface area contributed by atoms with Crippen LogP contribution in [0.25, 0.3) is 0 Å². The van der Waals surface area contributed by atoms with Crippen LogP contribution in [0.5, 0.6) is 5.75 Å². The van der Waals surface area contributed by atoms with Gasteiger partial charge >= 0.3 is 0 Å². The number of nitrogens with one attached hydrogen (secondary N) is 1. The molecule has 31 heavy (non-hydrogen) atoms. The Balaban J connectivity index is 1.36. The third kappa shape index (κ3) is 6.81. The number of hydrogen-bond acceptors (Lipinski definition) is 5. The van der Waals surface area contributed by atoms with E-state index in [1.807, 2.05) is 4.90 Å². The molecular formula is C21H25ClFN3O4S. The zero-order valence-electron chi connectivity index (χ0n) is 17.0. The number of carbonyl (C=O) groups excluding carboxylic acids is 1. The first-order valence-corrected chi connectivity index (χ1v) is 12.0. The van der Waals surface area contributed by atoms with E-state index in [1.54, 1.807) is 42.5 Å². The Hall–Kier alpha value is -2.36. The van der Waals surface area contributed by atoms with Gasteiger partial charge in [-0.3, -0.25) is 4.79 Å². The van der Waals surface area contributed by atoms with Crippen LogP contribution in [-0.4, -0.2) is 63.7 Å². The van der Waals surface area contributed by atoms with Crippen LogP contribution in [0.2, 0.25) is 5.02 Å². The number of benzene rings is 2. The third-order valence-corrected chi connectivity index (χ3v) is 7.12. The molecule has 1 saturated heterocycles. The second-order valence-corrected chi connectivity index (χ2v) is 9.62. The standard InChI is InChI=1S/C21H25ClFN3O4S/c22-17-6-8-18(9-7-17)30-16-21(27)24-10-3-15-31(28,29)26-13-11-25(12-14-26)20-5-2-1-4-19(20)23/h1-2,4-9H,3,10-16H2,(H,24,27). The molecule has 0 bridgehead atoms. The molecule has 0 spiro atoms. The van der Waals surface area contributed by atoms with Gasteiger partial charge in [0.1, 0.15) is 11.6 Å². The maximum absolute atomic E-state index is 13.9. The number of carbonyl (C=O) groups is 1. The summed E-state index contributed by atoms with van der Waals surface area (Å²) in [7, 11) is -3.44. The lowest BCUT2D eigenvalue weighted by Crippen LogP contribution is -2.49. The monoisotopic (exact) mass is 469 g/mol. The number of nitrogens with zero attached hydrogens (tertiary/aromatic N) is 2. The molecule has 0 aliphatic carbocycles. The Labute approximate surface area is 186 Å². The van der Waals surface area contributed by atoms with Crippen LogP contribution in [0, 0.1) is 5.82 Å². The Kier molecular flexibility index (Phi) is 8.11. The van der Waals surface area contributed by atoms with Crippen LogP contribution in [0.1, 0.15) is 6.42 Å². The second-order valence-electron chi connectivity index (χ2n) is 7.10. The molecule has 2 aromatic rings. The highest BCUT2D eigenvalue weighted by molar-refractivity contribution is 7.89. The molecule has 0 unspecified atom stereocenters. The van der Waals surface area contributed by atoms with E-state index >= 15 is 0 Å². The van der Waals surface area contributed by atoms with Crippen LogP contribution >= 0.6 is 11.6 Å². The molecule has 168 valence electrons. The average molecular weight is 470 g/mol. The molecule has 10 heteroatoms. The summed E-state index contributed by atoms with van der Waals surface area (Å²) in [5.41, 5.74) is 0.489. The quantitative estimate of drug-likeness (QED) is 0.571.